The van der Waals surface area contributed by atoms with E-state index < -0.39 is 0 Å². The van der Waals surface area contributed by atoms with E-state index >= 15 is 0 Å². The highest BCUT2D eigenvalue weighted by Crippen LogP contribution is 2.28. The van der Waals surface area contributed by atoms with Crippen molar-refractivity contribution in [3.05, 3.63) is 44.8 Å². The van der Waals surface area contributed by atoms with Gasteiger partial charge in [-0.25, -0.2) is 9.97 Å². The minimum absolute atomic E-state index is 0.387. The average Bonchev–Trinajstić information content (AvgIpc) is 2.32. The van der Waals surface area contributed by atoms with Crippen LogP contribution in [0.4, 0.5) is 11.5 Å². The summed E-state index contributed by atoms with van der Waals surface area (Å²) in [6.07, 6.45) is 0. The summed E-state index contributed by atoms with van der Waals surface area (Å²) >= 11 is 9.59. The number of aryl methyl sites for hydroxylation is 2. The van der Waals surface area contributed by atoms with Crippen LogP contribution < -0.4 is 5.32 Å². The zero-order chi connectivity index (χ0) is 13.3. The lowest BCUT2D eigenvalue weighted by Gasteiger charge is -2.12. The first-order valence-corrected chi connectivity index (χ1v) is 6.69. The molecule has 2 rings (SSSR count). The van der Waals surface area contributed by atoms with Gasteiger partial charge in [-0.15, -0.1) is 0 Å². The molecule has 3 nitrogen and oxygen atoms in total. The largest absolute Gasteiger partial charge is 0.337 e. The lowest BCUT2D eigenvalue weighted by atomic mass is 10.2. The summed E-state index contributed by atoms with van der Waals surface area (Å²) in [6, 6.07) is 5.93. The summed E-state index contributed by atoms with van der Waals surface area (Å²) in [4.78, 5) is 8.67. The highest BCUT2D eigenvalue weighted by atomic mass is 79.9. The second-order valence-electron chi connectivity index (χ2n) is 4.07. The molecule has 0 amide bonds. The van der Waals surface area contributed by atoms with Crippen LogP contribution in [0.3, 0.4) is 0 Å². The Labute approximate surface area is 120 Å². The summed E-state index contributed by atoms with van der Waals surface area (Å²) < 4.78 is 1.04. The monoisotopic (exact) mass is 325 g/mol. The molecule has 2 aromatic rings. The number of nitrogens with zero attached hydrogens (tertiary/aromatic N) is 2. The molecule has 1 aromatic heterocycles. The second kappa shape index (κ2) is 5.24. The van der Waals surface area contributed by atoms with Gasteiger partial charge >= 0.3 is 0 Å². The van der Waals surface area contributed by atoms with Gasteiger partial charge in [0.15, 0.2) is 11.0 Å². The van der Waals surface area contributed by atoms with Gasteiger partial charge in [-0.3, -0.25) is 0 Å². The molecular formula is C13H13BrClN3. The minimum Gasteiger partial charge on any atom is -0.337 e. The molecule has 0 aliphatic rings. The van der Waals surface area contributed by atoms with Crippen molar-refractivity contribution >= 4 is 39.0 Å². The minimum atomic E-state index is 0.387. The molecule has 0 saturated heterocycles. The fourth-order valence-electron chi connectivity index (χ4n) is 1.53. The maximum atomic E-state index is 6.10. The van der Waals surface area contributed by atoms with Gasteiger partial charge in [0.25, 0.3) is 0 Å². The van der Waals surface area contributed by atoms with Crippen molar-refractivity contribution in [2.45, 2.75) is 20.8 Å². The van der Waals surface area contributed by atoms with Gasteiger partial charge in [-0.1, -0.05) is 33.6 Å². The van der Waals surface area contributed by atoms with Crippen molar-refractivity contribution in [3.63, 3.8) is 0 Å². The van der Waals surface area contributed by atoms with Crippen LogP contribution in [0.5, 0.6) is 0 Å². The predicted molar refractivity (Wildman–Crippen MR) is 78.7 cm³/mol. The quantitative estimate of drug-likeness (QED) is 0.879. The number of halogens is 2. The Morgan fingerprint density at radius 3 is 2.50 bits per heavy atom. The Balaban J connectivity index is 2.40. The van der Waals surface area contributed by atoms with E-state index in [9.17, 15) is 0 Å². The van der Waals surface area contributed by atoms with E-state index in [2.05, 4.69) is 31.2 Å². The summed E-state index contributed by atoms with van der Waals surface area (Å²) in [6.45, 7) is 5.83. The second-order valence-corrected chi connectivity index (χ2v) is 5.28. The van der Waals surface area contributed by atoms with Gasteiger partial charge in [0.05, 0.1) is 11.4 Å². The number of rotatable bonds is 2. The maximum Gasteiger partial charge on any atom is 0.172 e. The predicted octanol–water partition coefficient (Wildman–Crippen LogP) is 4.56. The fraction of sp³-hybridized carbons (Fsp3) is 0.231. The molecule has 0 radical (unpaired) electrons. The lowest BCUT2D eigenvalue weighted by Crippen LogP contribution is -2.01. The smallest absolute Gasteiger partial charge is 0.172 e. The average molecular weight is 327 g/mol. The van der Waals surface area contributed by atoms with Crippen LogP contribution in [0, 0.1) is 20.8 Å². The normalized spacial score (nSPS) is 10.5. The molecule has 0 bridgehead atoms. The number of hydrogen-bond donors (Lipinski definition) is 1. The molecule has 0 aliphatic carbocycles. The molecule has 1 N–H and O–H groups in total. The topological polar surface area (TPSA) is 37.8 Å². The van der Waals surface area contributed by atoms with E-state index in [-0.39, 0.29) is 0 Å². The highest BCUT2D eigenvalue weighted by Gasteiger charge is 2.09. The van der Waals surface area contributed by atoms with Crippen LogP contribution in [0.1, 0.15) is 17.0 Å². The molecule has 5 heteroatoms. The molecule has 0 spiro atoms. The SMILES string of the molecule is Cc1nc(Cl)c(Nc2cccc(Br)c2C)nc1C. The summed E-state index contributed by atoms with van der Waals surface area (Å²) in [5, 5.41) is 3.60. The van der Waals surface area contributed by atoms with Crippen molar-refractivity contribution in [3.8, 4) is 0 Å². The molecule has 0 unspecified atom stereocenters. The zero-order valence-electron chi connectivity index (χ0n) is 10.4. The molecule has 0 aliphatic heterocycles. The van der Waals surface area contributed by atoms with Crippen molar-refractivity contribution in [1.29, 1.82) is 0 Å². The molecule has 0 saturated carbocycles. The van der Waals surface area contributed by atoms with Crippen molar-refractivity contribution in [2.75, 3.05) is 5.32 Å². The Kier molecular flexibility index (Phi) is 3.88. The number of benzene rings is 1. The number of nitrogens with one attached hydrogen (secondary N) is 1. The standard InChI is InChI=1S/C13H13BrClN3/c1-7-10(14)5-4-6-11(7)18-13-12(15)16-8(2)9(3)17-13/h4-6H,1-3H3,(H,17,18). The van der Waals surface area contributed by atoms with Gasteiger partial charge < -0.3 is 5.32 Å². The molecule has 1 aromatic carbocycles. The molecule has 1 heterocycles. The van der Waals surface area contributed by atoms with E-state index in [0.29, 0.717) is 11.0 Å². The Hall–Kier alpha value is -1.13. The van der Waals surface area contributed by atoms with Crippen LogP contribution >= 0.6 is 27.5 Å². The van der Waals surface area contributed by atoms with Crippen molar-refractivity contribution in [2.24, 2.45) is 0 Å². The third-order valence-electron chi connectivity index (χ3n) is 2.79. The van der Waals surface area contributed by atoms with Crippen LogP contribution in [0.25, 0.3) is 0 Å². The van der Waals surface area contributed by atoms with Gasteiger partial charge in [-0.05, 0) is 38.5 Å². The van der Waals surface area contributed by atoms with Crippen molar-refractivity contribution < 1.29 is 0 Å². The number of hydrogen-bond acceptors (Lipinski definition) is 3. The first kappa shape index (κ1) is 13.3. The van der Waals surface area contributed by atoms with E-state index in [1.807, 2.05) is 39.0 Å². The Morgan fingerprint density at radius 1 is 1.11 bits per heavy atom. The first-order chi connectivity index (χ1) is 8.49. The first-order valence-electron chi connectivity index (χ1n) is 5.52. The molecule has 0 atom stereocenters. The van der Waals surface area contributed by atoms with Gasteiger partial charge in [0.1, 0.15) is 0 Å². The third-order valence-corrected chi connectivity index (χ3v) is 3.91. The molecule has 18 heavy (non-hydrogen) atoms. The fourth-order valence-corrected chi connectivity index (χ4v) is 2.11. The van der Waals surface area contributed by atoms with Crippen molar-refractivity contribution in [1.82, 2.24) is 9.97 Å². The van der Waals surface area contributed by atoms with Crippen LogP contribution in [0.15, 0.2) is 22.7 Å². The van der Waals surface area contributed by atoms with Gasteiger partial charge in [-0.2, -0.15) is 0 Å². The maximum absolute atomic E-state index is 6.10. The van der Waals surface area contributed by atoms with E-state index in [1.165, 1.54) is 0 Å². The Bertz CT molecular complexity index is 599. The molecular weight excluding hydrogens is 314 g/mol. The third kappa shape index (κ3) is 2.65. The summed E-state index contributed by atoms with van der Waals surface area (Å²) in [5.74, 6) is 0.584. The zero-order valence-corrected chi connectivity index (χ0v) is 12.7. The Morgan fingerprint density at radius 2 is 1.78 bits per heavy atom. The lowest BCUT2D eigenvalue weighted by molar-refractivity contribution is 1.05. The van der Waals surface area contributed by atoms with E-state index in [0.717, 1.165) is 27.1 Å². The number of aromatic nitrogens is 2. The highest BCUT2D eigenvalue weighted by molar-refractivity contribution is 9.10. The summed E-state index contributed by atoms with van der Waals surface area (Å²) in [5.41, 5.74) is 3.78. The van der Waals surface area contributed by atoms with E-state index in [4.69, 9.17) is 11.6 Å². The van der Waals surface area contributed by atoms with Gasteiger partial charge in [0, 0.05) is 10.2 Å². The number of anilines is 2. The van der Waals surface area contributed by atoms with Gasteiger partial charge in [0.2, 0.25) is 0 Å². The molecule has 94 valence electrons. The van der Waals surface area contributed by atoms with Crippen LogP contribution in [-0.2, 0) is 0 Å². The van der Waals surface area contributed by atoms with Crippen LogP contribution in [0.2, 0.25) is 5.15 Å². The summed E-state index contributed by atoms with van der Waals surface area (Å²) in [7, 11) is 0. The van der Waals surface area contributed by atoms with Crippen LogP contribution in [-0.4, -0.2) is 9.97 Å². The van der Waals surface area contributed by atoms with E-state index in [1.54, 1.807) is 0 Å². The molecule has 0 fully saturated rings.